The van der Waals surface area contributed by atoms with Crippen molar-refractivity contribution in [2.75, 3.05) is 25.0 Å². The first-order valence-corrected chi connectivity index (χ1v) is 8.87. The summed E-state index contributed by atoms with van der Waals surface area (Å²) in [5.74, 6) is 0.214. The Morgan fingerprint density at radius 3 is 2.71 bits per heavy atom. The molecule has 0 aliphatic heterocycles. The highest BCUT2D eigenvalue weighted by Gasteiger charge is 2.25. The molecule has 0 saturated heterocycles. The van der Waals surface area contributed by atoms with E-state index in [1.54, 1.807) is 0 Å². The molecule has 1 aliphatic carbocycles. The molecule has 0 spiro atoms. The summed E-state index contributed by atoms with van der Waals surface area (Å²) in [5, 5.41) is 3.13. The van der Waals surface area contributed by atoms with Gasteiger partial charge in [0, 0.05) is 25.8 Å². The summed E-state index contributed by atoms with van der Waals surface area (Å²) >= 11 is 0. The first-order chi connectivity index (χ1) is 11.8. The molecule has 1 aliphatic rings. The normalized spacial score (nSPS) is 16.3. The van der Waals surface area contributed by atoms with E-state index in [1.807, 2.05) is 24.3 Å². The van der Waals surface area contributed by atoms with Crippen LogP contribution in [0, 0.1) is 0 Å². The first kappa shape index (κ1) is 16.6. The lowest BCUT2D eigenvalue weighted by atomic mass is 9.82. The third-order valence-corrected chi connectivity index (χ3v) is 4.85. The number of amides is 1. The lowest BCUT2D eigenvalue weighted by Gasteiger charge is -2.25. The molecule has 1 N–H and O–H groups in total. The van der Waals surface area contributed by atoms with Gasteiger partial charge >= 0.3 is 0 Å². The Labute approximate surface area is 144 Å². The standard InChI is InChI=1S/C21H26N2O/c1-23(18-11-3-2-4-12-18)16-8-15-22-21(24)20-14-7-10-17-9-5-6-13-19(17)20/h2-6,9,11-13,20H,7-8,10,14-16H2,1H3,(H,22,24)/t20-/m0/s1. The number of aryl methyl sites for hydroxylation is 1. The van der Waals surface area contributed by atoms with Gasteiger partial charge in [0.1, 0.15) is 0 Å². The van der Waals surface area contributed by atoms with Crippen molar-refractivity contribution in [1.29, 1.82) is 0 Å². The molecule has 0 radical (unpaired) electrons. The summed E-state index contributed by atoms with van der Waals surface area (Å²) in [6, 6.07) is 18.7. The van der Waals surface area contributed by atoms with Crippen molar-refractivity contribution < 1.29 is 4.79 Å². The Morgan fingerprint density at radius 2 is 1.88 bits per heavy atom. The SMILES string of the molecule is CN(CCCNC(=O)[C@H]1CCCc2ccccc21)c1ccccc1. The molecule has 3 rings (SSSR count). The molecule has 24 heavy (non-hydrogen) atoms. The number of carbonyl (C=O) groups excluding carboxylic acids is 1. The zero-order chi connectivity index (χ0) is 16.8. The van der Waals surface area contributed by atoms with E-state index in [1.165, 1.54) is 16.8 Å². The van der Waals surface area contributed by atoms with Crippen LogP contribution in [0.15, 0.2) is 54.6 Å². The number of para-hydroxylation sites is 1. The summed E-state index contributed by atoms with van der Waals surface area (Å²) in [5.41, 5.74) is 3.78. The summed E-state index contributed by atoms with van der Waals surface area (Å²) in [6.07, 6.45) is 4.12. The van der Waals surface area contributed by atoms with E-state index < -0.39 is 0 Å². The monoisotopic (exact) mass is 322 g/mol. The van der Waals surface area contributed by atoms with Gasteiger partial charge in [-0.15, -0.1) is 0 Å². The van der Waals surface area contributed by atoms with Crippen LogP contribution in [0.4, 0.5) is 5.69 Å². The predicted molar refractivity (Wildman–Crippen MR) is 99.5 cm³/mol. The maximum absolute atomic E-state index is 12.6. The quantitative estimate of drug-likeness (QED) is 0.822. The summed E-state index contributed by atoms with van der Waals surface area (Å²) in [6.45, 7) is 1.67. The molecule has 3 nitrogen and oxygen atoms in total. The highest BCUT2D eigenvalue weighted by atomic mass is 16.1. The van der Waals surface area contributed by atoms with Gasteiger partial charge in [0.2, 0.25) is 5.91 Å². The summed E-state index contributed by atoms with van der Waals surface area (Å²) < 4.78 is 0. The molecule has 0 heterocycles. The Kier molecular flexibility index (Phi) is 5.52. The Hall–Kier alpha value is -2.29. The lowest BCUT2D eigenvalue weighted by molar-refractivity contribution is -0.122. The fourth-order valence-electron chi connectivity index (χ4n) is 3.49. The maximum Gasteiger partial charge on any atom is 0.227 e. The van der Waals surface area contributed by atoms with Gasteiger partial charge in [0.05, 0.1) is 5.92 Å². The van der Waals surface area contributed by atoms with Crippen molar-refractivity contribution in [3.8, 4) is 0 Å². The van der Waals surface area contributed by atoms with Gasteiger partial charge in [-0.1, -0.05) is 42.5 Å². The molecule has 0 unspecified atom stereocenters. The van der Waals surface area contributed by atoms with E-state index in [0.29, 0.717) is 0 Å². The second kappa shape index (κ2) is 8.00. The van der Waals surface area contributed by atoms with Crippen LogP contribution in [-0.4, -0.2) is 26.0 Å². The maximum atomic E-state index is 12.6. The number of nitrogens with zero attached hydrogens (tertiary/aromatic N) is 1. The molecule has 2 aromatic carbocycles. The molecule has 1 amide bonds. The van der Waals surface area contributed by atoms with Crippen molar-refractivity contribution in [1.82, 2.24) is 5.32 Å². The molecule has 1 atom stereocenters. The smallest absolute Gasteiger partial charge is 0.227 e. The number of rotatable bonds is 6. The Bertz CT molecular complexity index is 669. The zero-order valence-corrected chi connectivity index (χ0v) is 14.4. The van der Waals surface area contributed by atoms with Crippen LogP contribution >= 0.6 is 0 Å². The van der Waals surface area contributed by atoms with Crippen molar-refractivity contribution in [3.63, 3.8) is 0 Å². The van der Waals surface area contributed by atoms with Crippen LogP contribution in [0.1, 0.15) is 36.3 Å². The Morgan fingerprint density at radius 1 is 1.12 bits per heavy atom. The minimum atomic E-state index is 0.0294. The average molecular weight is 322 g/mol. The van der Waals surface area contributed by atoms with Crippen LogP contribution < -0.4 is 10.2 Å². The molecular formula is C21H26N2O. The van der Waals surface area contributed by atoms with Crippen molar-refractivity contribution in [2.24, 2.45) is 0 Å². The van der Waals surface area contributed by atoms with Gasteiger partial charge in [0.15, 0.2) is 0 Å². The van der Waals surface area contributed by atoms with E-state index in [2.05, 4.69) is 47.6 Å². The molecular weight excluding hydrogens is 296 g/mol. The third-order valence-electron chi connectivity index (χ3n) is 4.85. The third kappa shape index (κ3) is 3.97. The first-order valence-electron chi connectivity index (χ1n) is 8.87. The van der Waals surface area contributed by atoms with Crippen LogP contribution in [0.5, 0.6) is 0 Å². The lowest BCUT2D eigenvalue weighted by Crippen LogP contribution is -2.33. The van der Waals surface area contributed by atoms with Gasteiger partial charge in [0.25, 0.3) is 0 Å². The van der Waals surface area contributed by atoms with Crippen LogP contribution in [0.25, 0.3) is 0 Å². The number of hydrogen-bond acceptors (Lipinski definition) is 2. The fourth-order valence-corrected chi connectivity index (χ4v) is 3.49. The Balaban J connectivity index is 1.47. The molecule has 2 aromatic rings. The van der Waals surface area contributed by atoms with Crippen molar-refractivity contribution >= 4 is 11.6 Å². The van der Waals surface area contributed by atoms with E-state index in [9.17, 15) is 4.79 Å². The van der Waals surface area contributed by atoms with E-state index in [0.717, 1.165) is 38.8 Å². The van der Waals surface area contributed by atoms with Gasteiger partial charge in [-0.2, -0.15) is 0 Å². The number of fused-ring (bicyclic) bond motifs is 1. The highest BCUT2D eigenvalue weighted by molar-refractivity contribution is 5.84. The van der Waals surface area contributed by atoms with Crippen molar-refractivity contribution in [2.45, 2.75) is 31.6 Å². The van der Waals surface area contributed by atoms with Gasteiger partial charge < -0.3 is 10.2 Å². The zero-order valence-electron chi connectivity index (χ0n) is 14.4. The number of hydrogen-bond donors (Lipinski definition) is 1. The number of nitrogens with one attached hydrogen (secondary N) is 1. The predicted octanol–water partition coefficient (Wildman–Crippen LogP) is 3.75. The molecule has 126 valence electrons. The van der Waals surface area contributed by atoms with E-state index in [-0.39, 0.29) is 11.8 Å². The molecule has 0 saturated carbocycles. The summed E-state index contributed by atoms with van der Waals surface area (Å²) in [4.78, 5) is 14.8. The average Bonchev–Trinajstić information content (AvgIpc) is 2.65. The van der Waals surface area contributed by atoms with Crippen molar-refractivity contribution in [3.05, 3.63) is 65.7 Å². The second-order valence-electron chi connectivity index (χ2n) is 6.55. The number of carbonyl (C=O) groups is 1. The fraction of sp³-hybridized carbons (Fsp3) is 0.381. The highest BCUT2D eigenvalue weighted by Crippen LogP contribution is 2.31. The largest absolute Gasteiger partial charge is 0.375 e. The van der Waals surface area contributed by atoms with Crippen LogP contribution in [-0.2, 0) is 11.2 Å². The van der Waals surface area contributed by atoms with Gasteiger partial charge in [-0.25, -0.2) is 0 Å². The minimum Gasteiger partial charge on any atom is -0.375 e. The topological polar surface area (TPSA) is 32.3 Å². The number of benzene rings is 2. The van der Waals surface area contributed by atoms with Gasteiger partial charge in [-0.05, 0) is 48.9 Å². The molecule has 0 fully saturated rings. The van der Waals surface area contributed by atoms with E-state index in [4.69, 9.17) is 0 Å². The molecule has 0 aromatic heterocycles. The molecule has 0 bridgehead atoms. The van der Waals surface area contributed by atoms with Crippen LogP contribution in [0.3, 0.4) is 0 Å². The van der Waals surface area contributed by atoms with Crippen LogP contribution in [0.2, 0.25) is 0 Å². The second-order valence-corrected chi connectivity index (χ2v) is 6.55. The minimum absolute atomic E-state index is 0.0294. The van der Waals surface area contributed by atoms with Gasteiger partial charge in [-0.3, -0.25) is 4.79 Å². The number of anilines is 1. The summed E-state index contributed by atoms with van der Waals surface area (Å²) in [7, 11) is 2.09. The van der Waals surface area contributed by atoms with E-state index >= 15 is 0 Å². The molecule has 3 heteroatoms.